The molecule has 0 saturated carbocycles. The molecule has 2 nitrogen and oxygen atoms in total. The predicted octanol–water partition coefficient (Wildman–Crippen LogP) is 4.52. The molecule has 0 radical (unpaired) electrons. The molecule has 0 N–H and O–H groups in total. The van der Waals surface area contributed by atoms with E-state index >= 15 is 0 Å². The van der Waals surface area contributed by atoms with Crippen molar-refractivity contribution >= 4 is 11.5 Å². The van der Waals surface area contributed by atoms with E-state index in [4.69, 9.17) is 0 Å². The van der Waals surface area contributed by atoms with Crippen LogP contribution in [-0.2, 0) is 9.53 Å². The number of ether oxygens (including phenoxy) is 1. The second-order valence-electron chi connectivity index (χ2n) is 4.54. The normalized spacial score (nSPS) is 11.8. The number of hydrogen-bond donors (Lipinski definition) is 0. The van der Waals surface area contributed by atoms with Crippen LogP contribution in [0.4, 0.5) is 4.39 Å². The Morgan fingerprint density at radius 3 is 2.80 bits per heavy atom. The molecule has 0 aliphatic carbocycles. The van der Waals surface area contributed by atoms with Crippen LogP contribution in [0.3, 0.4) is 0 Å². The van der Waals surface area contributed by atoms with Crippen LogP contribution in [0.2, 0.25) is 0 Å². The van der Waals surface area contributed by atoms with Gasteiger partial charge in [0.05, 0.1) is 7.11 Å². The van der Waals surface area contributed by atoms with Gasteiger partial charge in [-0.05, 0) is 36.1 Å². The predicted molar refractivity (Wildman–Crippen MR) is 79.7 cm³/mol. The molecule has 0 heterocycles. The number of carbonyl (C=O) groups is 1. The van der Waals surface area contributed by atoms with E-state index in [2.05, 4.69) is 11.7 Å². The topological polar surface area (TPSA) is 26.3 Å². The van der Waals surface area contributed by atoms with Gasteiger partial charge >= 0.3 is 5.97 Å². The lowest BCUT2D eigenvalue weighted by Crippen LogP contribution is -1.93. The van der Waals surface area contributed by atoms with Gasteiger partial charge in [0.2, 0.25) is 0 Å². The Balaban J connectivity index is 2.87. The number of allylic oxidation sites excluding steroid dienone is 3. The molecule has 1 rings (SSSR count). The third-order valence-electron chi connectivity index (χ3n) is 2.98. The average Bonchev–Trinajstić information content (AvgIpc) is 2.45. The van der Waals surface area contributed by atoms with Gasteiger partial charge in [0.1, 0.15) is 5.82 Å². The fourth-order valence-electron chi connectivity index (χ4n) is 1.89. The molecule has 3 heteroatoms. The van der Waals surface area contributed by atoms with Gasteiger partial charge in [0.15, 0.2) is 0 Å². The molecule has 108 valence electrons. The molecule has 0 aliphatic rings. The van der Waals surface area contributed by atoms with E-state index in [1.54, 1.807) is 12.1 Å². The summed E-state index contributed by atoms with van der Waals surface area (Å²) in [5, 5.41) is 0. The minimum Gasteiger partial charge on any atom is -0.466 e. The summed E-state index contributed by atoms with van der Waals surface area (Å²) < 4.78 is 17.8. The number of unbranched alkanes of at least 4 members (excludes halogenated alkanes) is 2. The Morgan fingerprint density at radius 2 is 2.15 bits per heavy atom. The van der Waals surface area contributed by atoms with E-state index in [0.717, 1.165) is 36.8 Å². The monoisotopic (exact) mass is 276 g/mol. The minimum atomic E-state index is -0.395. The van der Waals surface area contributed by atoms with Crippen molar-refractivity contribution in [3.8, 4) is 0 Å². The lowest BCUT2D eigenvalue weighted by molar-refractivity contribution is -0.134. The summed E-state index contributed by atoms with van der Waals surface area (Å²) in [7, 11) is 1.34. The molecule has 0 aromatic heterocycles. The second-order valence-corrected chi connectivity index (χ2v) is 4.54. The maximum absolute atomic E-state index is 13.3. The number of halogens is 1. The van der Waals surface area contributed by atoms with Crippen LogP contribution >= 0.6 is 0 Å². The number of hydrogen-bond acceptors (Lipinski definition) is 2. The highest BCUT2D eigenvalue weighted by atomic mass is 19.1. The third kappa shape index (κ3) is 5.83. The summed E-state index contributed by atoms with van der Waals surface area (Å²) >= 11 is 0. The summed E-state index contributed by atoms with van der Waals surface area (Å²) in [5.74, 6) is -0.644. The molecule has 1 aromatic rings. The van der Waals surface area contributed by atoms with Crippen molar-refractivity contribution in [2.45, 2.75) is 32.6 Å². The van der Waals surface area contributed by atoms with Crippen molar-refractivity contribution < 1.29 is 13.9 Å². The first-order valence-electron chi connectivity index (χ1n) is 6.88. The zero-order chi connectivity index (χ0) is 14.8. The number of esters is 1. The first kappa shape index (κ1) is 16.2. The molecule has 0 atom stereocenters. The highest BCUT2D eigenvalue weighted by Gasteiger charge is 2.02. The SMILES string of the molecule is CCCCC/C(=C/C=C/C(=O)OC)c1cccc(F)c1. The molecule has 0 spiro atoms. The zero-order valence-corrected chi connectivity index (χ0v) is 12.1. The molecule has 0 unspecified atom stereocenters. The van der Waals surface area contributed by atoms with Crippen molar-refractivity contribution in [2.75, 3.05) is 7.11 Å². The van der Waals surface area contributed by atoms with Crippen LogP contribution in [-0.4, -0.2) is 13.1 Å². The summed E-state index contributed by atoms with van der Waals surface area (Å²) in [5.41, 5.74) is 1.88. The Hall–Kier alpha value is -1.90. The number of rotatable bonds is 7. The van der Waals surface area contributed by atoms with E-state index in [1.165, 1.54) is 25.3 Å². The summed E-state index contributed by atoms with van der Waals surface area (Å²) in [4.78, 5) is 11.0. The molecule has 0 fully saturated rings. The Labute approximate surface area is 120 Å². The Kier molecular flexibility index (Phi) is 7.33. The maximum Gasteiger partial charge on any atom is 0.330 e. The maximum atomic E-state index is 13.3. The van der Waals surface area contributed by atoms with Crippen LogP contribution in [0.15, 0.2) is 42.5 Å². The fourth-order valence-corrected chi connectivity index (χ4v) is 1.89. The van der Waals surface area contributed by atoms with Crippen LogP contribution < -0.4 is 0 Å². The van der Waals surface area contributed by atoms with Gasteiger partial charge < -0.3 is 4.74 Å². The summed E-state index contributed by atoms with van der Waals surface area (Å²) in [6.07, 6.45) is 9.04. The van der Waals surface area contributed by atoms with Gasteiger partial charge in [-0.15, -0.1) is 0 Å². The van der Waals surface area contributed by atoms with Crippen LogP contribution in [0, 0.1) is 5.82 Å². The van der Waals surface area contributed by atoms with E-state index in [1.807, 2.05) is 12.1 Å². The van der Waals surface area contributed by atoms with E-state index in [9.17, 15) is 9.18 Å². The lowest BCUT2D eigenvalue weighted by atomic mass is 9.99. The highest BCUT2D eigenvalue weighted by Crippen LogP contribution is 2.22. The zero-order valence-electron chi connectivity index (χ0n) is 12.1. The van der Waals surface area contributed by atoms with Crippen molar-refractivity contribution in [1.29, 1.82) is 0 Å². The quantitative estimate of drug-likeness (QED) is 0.317. The average molecular weight is 276 g/mol. The minimum absolute atomic E-state index is 0.249. The van der Waals surface area contributed by atoms with Gasteiger partial charge in [-0.1, -0.05) is 44.1 Å². The molecule has 20 heavy (non-hydrogen) atoms. The van der Waals surface area contributed by atoms with Crippen LogP contribution in [0.1, 0.15) is 38.2 Å². The van der Waals surface area contributed by atoms with Crippen LogP contribution in [0.25, 0.3) is 5.57 Å². The molecular formula is C17H21FO2. The van der Waals surface area contributed by atoms with E-state index in [-0.39, 0.29) is 5.82 Å². The first-order valence-corrected chi connectivity index (χ1v) is 6.88. The van der Waals surface area contributed by atoms with Crippen molar-refractivity contribution in [2.24, 2.45) is 0 Å². The van der Waals surface area contributed by atoms with Crippen molar-refractivity contribution in [1.82, 2.24) is 0 Å². The van der Waals surface area contributed by atoms with Gasteiger partial charge in [-0.25, -0.2) is 9.18 Å². The van der Waals surface area contributed by atoms with Gasteiger partial charge in [0, 0.05) is 6.08 Å². The van der Waals surface area contributed by atoms with Gasteiger partial charge in [-0.2, -0.15) is 0 Å². The smallest absolute Gasteiger partial charge is 0.330 e. The molecular weight excluding hydrogens is 255 g/mol. The Morgan fingerprint density at radius 1 is 1.35 bits per heavy atom. The van der Waals surface area contributed by atoms with Crippen molar-refractivity contribution in [3.63, 3.8) is 0 Å². The first-order chi connectivity index (χ1) is 9.67. The number of carbonyl (C=O) groups excluding carboxylic acids is 1. The van der Waals surface area contributed by atoms with E-state index in [0.29, 0.717) is 0 Å². The van der Waals surface area contributed by atoms with Gasteiger partial charge in [0.25, 0.3) is 0 Å². The largest absolute Gasteiger partial charge is 0.466 e. The second kappa shape index (κ2) is 9.08. The molecule has 0 bridgehead atoms. The Bertz CT molecular complexity index is 490. The molecule has 0 amide bonds. The lowest BCUT2D eigenvalue weighted by Gasteiger charge is -2.07. The molecule has 1 aromatic carbocycles. The highest BCUT2D eigenvalue weighted by molar-refractivity contribution is 5.82. The standard InChI is InChI=1S/C17H21FO2/c1-3-4-5-8-14(9-7-12-17(19)20-2)15-10-6-11-16(18)13-15/h6-7,9-13H,3-5,8H2,1-2H3/b12-7+,14-9-. The summed E-state index contributed by atoms with van der Waals surface area (Å²) in [6, 6.07) is 6.52. The number of benzene rings is 1. The fraction of sp³-hybridized carbons (Fsp3) is 0.353. The number of methoxy groups -OCH3 is 1. The van der Waals surface area contributed by atoms with Crippen molar-refractivity contribution in [3.05, 3.63) is 53.9 Å². The van der Waals surface area contributed by atoms with Gasteiger partial charge in [-0.3, -0.25) is 0 Å². The third-order valence-corrected chi connectivity index (χ3v) is 2.98. The summed E-state index contributed by atoms with van der Waals surface area (Å²) in [6.45, 7) is 2.14. The molecule has 0 aliphatic heterocycles. The molecule has 0 saturated heterocycles. The van der Waals surface area contributed by atoms with E-state index < -0.39 is 5.97 Å². The van der Waals surface area contributed by atoms with Crippen LogP contribution in [0.5, 0.6) is 0 Å².